The number of hydrogen-bond acceptors (Lipinski definition) is 1. The van der Waals surface area contributed by atoms with Crippen LogP contribution in [0.2, 0.25) is 30.8 Å². The molecule has 0 amide bonds. The SMILES string of the molecule is C=C(C)c1cn(COCC[Si](C)(C)C)c(Cl)c1F. The molecule has 2 nitrogen and oxygen atoms in total. The van der Waals surface area contributed by atoms with Gasteiger partial charge in [-0.2, -0.15) is 0 Å². The molecule has 0 fully saturated rings. The van der Waals surface area contributed by atoms with Crippen molar-refractivity contribution in [3.8, 4) is 0 Å². The molecule has 0 radical (unpaired) electrons. The predicted octanol–water partition coefficient (Wildman–Crippen LogP) is 4.63. The first kappa shape index (κ1) is 15.5. The largest absolute Gasteiger partial charge is 0.361 e. The smallest absolute Gasteiger partial charge is 0.167 e. The van der Waals surface area contributed by atoms with Crippen LogP contribution in [0.1, 0.15) is 12.5 Å². The fourth-order valence-electron chi connectivity index (χ4n) is 1.44. The number of aromatic nitrogens is 1. The average Bonchev–Trinajstić information content (AvgIpc) is 2.51. The van der Waals surface area contributed by atoms with Gasteiger partial charge in [0.15, 0.2) is 5.82 Å². The topological polar surface area (TPSA) is 14.2 Å². The molecule has 0 saturated heterocycles. The third kappa shape index (κ3) is 4.26. The second-order valence-corrected chi connectivity index (χ2v) is 11.7. The molecule has 0 saturated carbocycles. The molecule has 102 valence electrons. The highest BCUT2D eigenvalue weighted by Gasteiger charge is 2.15. The van der Waals surface area contributed by atoms with Gasteiger partial charge >= 0.3 is 0 Å². The molecule has 0 aromatic carbocycles. The Morgan fingerprint density at radius 1 is 1.50 bits per heavy atom. The lowest BCUT2D eigenvalue weighted by Gasteiger charge is -2.15. The molecule has 0 N–H and O–H groups in total. The molecule has 0 unspecified atom stereocenters. The van der Waals surface area contributed by atoms with E-state index in [1.54, 1.807) is 17.7 Å². The molecule has 0 aliphatic rings. The van der Waals surface area contributed by atoms with E-state index < -0.39 is 13.9 Å². The summed E-state index contributed by atoms with van der Waals surface area (Å²) in [7, 11) is -1.09. The van der Waals surface area contributed by atoms with E-state index in [9.17, 15) is 4.39 Å². The minimum Gasteiger partial charge on any atom is -0.361 e. The van der Waals surface area contributed by atoms with Crippen LogP contribution < -0.4 is 0 Å². The summed E-state index contributed by atoms with van der Waals surface area (Å²) in [4.78, 5) is 0. The summed E-state index contributed by atoms with van der Waals surface area (Å²) in [6.45, 7) is 13.3. The maximum Gasteiger partial charge on any atom is 0.167 e. The zero-order valence-corrected chi connectivity index (χ0v) is 13.3. The van der Waals surface area contributed by atoms with Crippen LogP contribution in [0.15, 0.2) is 12.8 Å². The second kappa shape index (κ2) is 6.04. The maximum absolute atomic E-state index is 13.7. The number of rotatable bonds is 6. The lowest BCUT2D eigenvalue weighted by molar-refractivity contribution is 0.0873. The standard InChI is InChI=1S/C13H21ClFNOSi/c1-10(2)11-8-16(13(14)12(11)15)9-17-6-7-18(3,4)5/h8H,1,6-7,9H2,2-5H3. The van der Waals surface area contributed by atoms with Crippen LogP contribution >= 0.6 is 11.6 Å². The van der Waals surface area contributed by atoms with E-state index in [1.165, 1.54) is 0 Å². The zero-order valence-electron chi connectivity index (χ0n) is 11.5. The van der Waals surface area contributed by atoms with Crippen molar-refractivity contribution in [3.63, 3.8) is 0 Å². The Morgan fingerprint density at radius 2 is 2.11 bits per heavy atom. The van der Waals surface area contributed by atoms with Crippen molar-refractivity contribution in [3.05, 3.63) is 29.3 Å². The predicted molar refractivity (Wildman–Crippen MR) is 78.2 cm³/mol. The highest BCUT2D eigenvalue weighted by molar-refractivity contribution is 6.76. The Hall–Kier alpha value is -0.583. The average molecular weight is 290 g/mol. The number of halogens is 2. The molecule has 1 aromatic rings. The van der Waals surface area contributed by atoms with Gasteiger partial charge in [-0.1, -0.05) is 37.8 Å². The first-order valence-corrected chi connectivity index (χ1v) is 10.1. The van der Waals surface area contributed by atoms with E-state index in [4.69, 9.17) is 16.3 Å². The van der Waals surface area contributed by atoms with Gasteiger partial charge in [-0.15, -0.1) is 0 Å². The zero-order chi connectivity index (χ0) is 13.9. The lowest BCUT2D eigenvalue weighted by Crippen LogP contribution is -2.22. The van der Waals surface area contributed by atoms with Gasteiger partial charge in [-0.25, -0.2) is 4.39 Å². The molecule has 5 heteroatoms. The van der Waals surface area contributed by atoms with Gasteiger partial charge in [0.05, 0.1) is 0 Å². The van der Waals surface area contributed by atoms with Gasteiger partial charge in [0, 0.05) is 26.4 Å². The van der Waals surface area contributed by atoms with Crippen LogP contribution in [0, 0.1) is 5.82 Å². The molecule has 0 spiro atoms. The van der Waals surface area contributed by atoms with Crippen molar-refractivity contribution in [2.75, 3.05) is 6.61 Å². The van der Waals surface area contributed by atoms with Crippen molar-refractivity contribution in [1.29, 1.82) is 0 Å². The van der Waals surface area contributed by atoms with Crippen LogP contribution in [0.3, 0.4) is 0 Å². The molecular formula is C13H21ClFNOSi. The Bertz CT molecular complexity index is 437. The minimum atomic E-state index is -1.09. The number of nitrogens with zero attached hydrogens (tertiary/aromatic N) is 1. The monoisotopic (exact) mass is 289 g/mol. The van der Waals surface area contributed by atoms with Gasteiger partial charge in [0.2, 0.25) is 0 Å². The molecule has 1 aromatic heterocycles. The molecule has 0 bridgehead atoms. The number of hydrogen-bond donors (Lipinski definition) is 0. The molecule has 1 rings (SSSR count). The van der Waals surface area contributed by atoms with Gasteiger partial charge < -0.3 is 9.30 Å². The summed E-state index contributed by atoms with van der Waals surface area (Å²) in [6.07, 6.45) is 1.65. The lowest BCUT2D eigenvalue weighted by atomic mass is 10.2. The van der Waals surface area contributed by atoms with Crippen molar-refractivity contribution >= 4 is 25.2 Å². The summed E-state index contributed by atoms with van der Waals surface area (Å²) < 4.78 is 20.8. The van der Waals surface area contributed by atoms with E-state index in [2.05, 4.69) is 26.2 Å². The minimum absolute atomic E-state index is 0.0843. The summed E-state index contributed by atoms with van der Waals surface area (Å²) in [5, 5.41) is 0.0843. The third-order valence-corrected chi connectivity index (χ3v) is 4.73. The summed E-state index contributed by atoms with van der Waals surface area (Å²) in [5.74, 6) is -0.419. The van der Waals surface area contributed by atoms with E-state index >= 15 is 0 Å². The van der Waals surface area contributed by atoms with Crippen molar-refractivity contribution < 1.29 is 9.13 Å². The Kier molecular flexibility index (Phi) is 5.19. The first-order chi connectivity index (χ1) is 8.22. The van der Waals surface area contributed by atoms with Crippen LogP contribution in [-0.4, -0.2) is 19.2 Å². The van der Waals surface area contributed by atoms with E-state index in [0.717, 1.165) is 6.04 Å². The summed E-state index contributed by atoms with van der Waals surface area (Å²) in [6, 6.07) is 1.09. The number of allylic oxidation sites excluding steroid dienone is 1. The second-order valence-electron chi connectivity index (χ2n) is 5.75. The molecule has 0 aliphatic heterocycles. The van der Waals surface area contributed by atoms with Crippen LogP contribution in [0.25, 0.3) is 5.57 Å². The highest BCUT2D eigenvalue weighted by Crippen LogP contribution is 2.25. The van der Waals surface area contributed by atoms with Crippen molar-refractivity contribution in [2.45, 2.75) is 39.3 Å². The molecular weight excluding hydrogens is 269 g/mol. The molecule has 0 aliphatic carbocycles. The van der Waals surface area contributed by atoms with Gasteiger partial charge in [0.25, 0.3) is 0 Å². The fraction of sp³-hybridized carbons (Fsp3) is 0.538. The van der Waals surface area contributed by atoms with Gasteiger partial charge in [-0.05, 0) is 18.5 Å². The normalized spacial score (nSPS) is 11.9. The van der Waals surface area contributed by atoms with Crippen LogP contribution in [0.5, 0.6) is 0 Å². The Labute approximate surface area is 114 Å². The highest BCUT2D eigenvalue weighted by atomic mass is 35.5. The van der Waals surface area contributed by atoms with Gasteiger partial charge in [0.1, 0.15) is 11.9 Å². The third-order valence-electron chi connectivity index (χ3n) is 2.64. The molecule has 18 heavy (non-hydrogen) atoms. The van der Waals surface area contributed by atoms with Crippen molar-refractivity contribution in [1.82, 2.24) is 4.57 Å². The molecule has 1 heterocycles. The fourth-order valence-corrected chi connectivity index (χ4v) is 2.40. The van der Waals surface area contributed by atoms with E-state index in [0.29, 0.717) is 17.7 Å². The van der Waals surface area contributed by atoms with Crippen LogP contribution in [0.4, 0.5) is 4.39 Å². The maximum atomic E-state index is 13.7. The Morgan fingerprint density at radius 3 is 2.56 bits per heavy atom. The summed E-state index contributed by atoms with van der Waals surface area (Å²) >= 11 is 5.90. The van der Waals surface area contributed by atoms with Crippen molar-refractivity contribution in [2.24, 2.45) is 0 Å². The summed E-state index contributed by atoms with van der Waals surface area (Å²) in [5.41, 5.74) is 1.11. The van der Waals surface area contributed by atoms with E-state index in [1.807, 2.05) is 0 Å². The molecule has 0 atom stereocenters. The first-order valence-electron chi connectivity index (χ1n) is 6.00. The number of ether oxygens (including phenoxy) is 1. The van der Waals surface area contributed by atoms with E-state index in [-0.39, 0.29) is 11.9 Å². The van der Waals surface area contributed by atoms with Crippen LogP contribution in [-0.2, 0) is 11.5 Å². The quantitative estimate of drug-likeness (QED) is 0.550. The van der Waals surface area contributed by atoms with Gasteiger partial charge in [-0.3, -0.25) is 0 Å². The Balaban J connectivity index is 2.58.